The van der Waals surface area contributed by atoms with Crippen LogP contribution in [0.1, 0.15) is 102 Å². The van der Waals surface area contributed by atoms with Crippen LogP contribution in [0.5, 0.6) is 0 Å². The van der Waals surface area contributed by atoms with Gasteiger partial charge in [0.05, 0.1) is 37.4 Å². The van der Waals surface area contributed by atoms with Crippen LogP contribution in [0.15, 0.2) is 36.4 Å². The molecule has 214 valence electrons. The van der Waals surface area contributed by atoms with Crippen molar-refractivity contribution in [3.63, 3.8) is 0 Å². The Morgan fingerprint density at radius 2 is 1.53 bits per heavy atom. The van der Waals surface area contributed by atoms with Gasteiger partial charge in [0, 0.05) is 0 Å². The van der Waals surface area contributed by atoms with Crippen LogP contribution in [0.3, 0.4) is 0 Å². The first kappa shape index (κ1) is 32.0. The van der Waals surface area contributed by atoms with Crippen LogP contribution in [0.25, 0.3) is 0 Å². The standard InChI is InChI=1S/C32H50O6/c1-5-6-7-10-25-13-15-28(16-14-25)29-20-26(11-8-17-37-30(35)24(2)22-33)19-27(21-29)12-9-18-38-31(36)32(3,4)23-34/h13-16,26-27,29,33-34H,2,5-12,17-23H2,1,3-4H3. The van der Waals surface area contributed by atoms with Gasteiger partial charge in [0.1, 0.15) is 0 Å². The molecule has 1 aliphatic carbocycles. The molecule has 6 nitrogen and oxygen atoms in total. The fourth-order valence-corrected chi connectivity index (χ4v) is 5.34. The third kappa shape index (κ3) is 10.9. The SMILES string of the molecule is C=C(CO)C(=O)OCCCC1CC(CCCOC(=O)C(C)(C)CO)CC(c2ccc(CCCCC)cc2)C1. The molecule has 3 unspecified atom stereocenters. The number of aliphatic hydroxyl groups excluding tert-OH is 2. The van der Waals surface area contributed by atoms with Crippen molar-refractivity contribution >= 4 is 11.9 Å². The number of ether oxygens (including phenoxy) is 2. The Kier molecular flexibility index (Phi) is 14.1. The minimum Gasteiger partial charge on any atom is -0.465 e. The number of hydrogen-bond acceptors (Lipinski definition) is 6. The van der Waals surface area contributed by atoms with E-state index < -0.39 is 11.4 Å². The highest BCUT2D eigenvalue weighted by Gasteiger charge is 2.31. The third-order valence-electron chi connectivity index (χ3n) is 7.83. The van der Waals surface area contributed by atoms with Crippen LogP contribution in [0, 0.1) is 17.3 Å². The molecule has 1 fully saturated rings. The fourth-order valence-electron chi connectivity index (χ4n) is 5.34. The molecule has 0 heterocycles. The van der Waals surface area contributed by atoms with E-state index in [4.69, 9.17) is 14.6 Å². The maximum atomic E-state index is 12.2. The Hall–Kier alpha value is -2.18. The molecule has 0 aliphatic heterocycles. The second-order valence-corrected chi connectivity index (χ2v) is 11.7. The van der Waals surface area contributed by atoms with E-state index in [9.17, 15) is 14.7 Å². The Balaban J connectivity index is 1.94. The molecule has 6 heteroatoms. The van der Waals surface area contributed by atoms with Gasteiger partial charge < -0.3 is 19.7 Å². The fraction of sp³-hybridized carbons (Fsp3) is 0.688. The molecule has 0 amide bonds. The van der Waals surface area contributed by atoms with E-state index in [0.717, 1.165) is 51.4 Å². The number of aliphatic hydroxyl groups is 2. The molecule has 2 rings (SSSR count). The van der Waals surface area contributed by atoms with E-state index in [-0.39, 0.29) is 24.8 Å². The van der Waals surface area contributed by atoms with Gasteiger partial charge in [-0.3, -0.25) is 4.79 Å². The van der Waals surface area contributed by atoms with Crippen molar-refractivity contribution in [2.75, 3.05) is 26.4 Å². The van der Waals surface area contributed by atoms with Crippen LogP contribution in [0.2, 0.25) is 0 Å². The minimum absolute atomic E-state index is 0.0870. The van der Waals surface area contributed by atoms with Gasteiger partial charge in [-0.05, 0) is 101 Å². The largest absolute Gasteiger partial charge is 0.465 e. The molecular formula is C32H50O6. The number of esters is 2. The van der Waals surface area contributed by atoms with Crippen molar-refractivity contribution in [1.29, 1.82) is 0 Å². The molecule has 1 saturated carbocycles. The maximum absolute atomic E-state index is 12.2. The zero-order valence-corrected chi connectivity index (χ0v) is 23.9. The number of benzene rings is 1. The lowest BCUT2D eigenvalue weighted by Crippen LogP contribution is -2.30. The normalized spacial score (nSPS) is 19.7. The van der Waals surface area contributed by atoms with Crippen LogP contribution >= 0.6 is 0 Å². The second-order valence-electron chi connectivity index (χ2n) is 11.7. The average Bonchev–Trinajstić information content (AvgIpc) is 2.93. The van der Waals surface area contributed by atoms with Gasteiger partial charge >= 0.3 is 11.9 Å². The van der Waals surface area contributed by atoms with Crippen molar-refractivity contribution in [3.05, 3.63) is 47.5 Å². The van der Waals surface area contributed by atoms with Gasteiger partial charge in [-0.2, -0.15) is 0 Å². The molecule has 2 N–H and O–H groups in total. The van der Waals surface area contributed by atoms with E-state index in [1.807, 2.05) is 0 Å². The average molecular weight is 531 g/mol. The number of unbranched alkanes of at least 4 members (excludes halogenated alkanes) is 2. The van der Waals surface area contributed by atoms with E-state index in [1.165, 1.54) is 30.4 Å². The molecule has 3 atom stereocenters. The lowest BCUT2D eigenvalue weighted by molar-refractivity contribution is -0.156. The van der Waals surface area contributed by atoms with Crippen molar-refractivity contribution in [1.82, 2.24) is 0 Å². The minimum atomic E-state index is -0.864. The van der Waals surface area contributed by atoms with E-state index in [2.05, 4.69) is 37.8 Å². The van der Waals surface area contributed by atoms with Crippen LogP contribution in [-0.2, 0) is 25.5 Å². The number of carbonyl (C=O) groups is 2. The summed E-state index contributed by atoms with van der Waals surface area (Å²) in [5.41, 5.74) is 2.03. The zero-order valence-electron chi connectivity index (χ0n) is 23.9. The maximum Gasteiger partial charge on any atom is 0.335 e. The van der Waals surface area contributed by atoms with Gasteiger partial charge in [-0.25, -0.2) is 4.79 Å². The molecule has 1 aromatic rings. The van der Waals surface area contributed by atoms with Gasteiger partial charge in [-0.1, -0.05) is 50.6 Å². The van der Waals surface area contributed by atoms with Gasteiger partial charge in [0.15, 0.2) is 0 Å². The number of carbonyl (C=O) groups excluding carboxylic acids is 2. The van der Waals surface area contributed by atoms with Crippen molar-refractivity contribution in [3.8, 4) is 0 Å². The summed E-state index contributed by atoms with van der Waals surface area (Å²) >= 11 is 0. The zero-order chi connectivity index (χ0) is 28.0. The Labute approximate surface area is 229 Å². The van der Waals surface area contributed by atoms with Crippen LogP contribution < -0.4 is 0 Å². The Bertz CT molecular complexity index is 859. The Morgan fingerprint density at radius 3 is 2.08 bits per heavy atom. The molecule has 1 aromatic carbocycles. The lowest BCUT2D eigenvalue weighted by atomic mass is 9.70. The number of aryl methyl sites for hydroxylation is 1. The molecule has 0 spiro atoms. The van der Waals surface area contributed by atoms with E-state index >= 15 is 0 Å². The Morgan fingerprint density at radius 1 is 0.921 bits per heavy atom. The molecular weight excluding hydrogens is 480 g/mol. The summed E-state index contributed by atoms with van der Waals surface area (Å²) in [5.74, 6) is 0.709. The summed E-state index contributed by atoms with van der Waals surface area (Å²) in [5, 5.41) is 18.4. The predicted molar refractivity (Wildman–Crippen MR) is 151 cm³/mol. The molecule has 0 bridgehead atoms. The van der Waals surface area contributed by atoms with Crippen molar-refractivity contribution in [2.45, 2.75) is 97.3 Å². The molecule has 38 heavy (non-hydrogen) atoms. The van der Waals surface area contributed by atoms with Gasteiger partial charge in [-0.15, -0.1) is 0 Å². The first-order valence-corrected chi connectivity index (χ1v) is 14.5. The smallest absolute Gasteiger partial charge is 0.335 e. The van der Waals surface area contributed by atoms with Crippen molar-refractivity contribution in [2.24, 2.45) is 17.3 Å². The van der Waals surface area contributed by atoms with E-state index in [1.54, 1.807) is 13.8 Å². The second kappa shape index (κ2) is 16.7. The summed E-state index contributed by atoms with van der Waals surface area (Å²) in [7, 11) is 0. The first-order chi connectivity index (χ1) is 18.2. The predicted octanol–water partition coefficient (Wildman–Crippen LogP) is 6.13. The summed E-state index contributed by atoms with van der Waals surface area (Å²) in [6, 6.07) is 9.21. The topological polar surface area (TPSA) is 93.1 Å². The molecule has 0 radical (unpaired) electrons. The van der Waals surface area contributed by atoms with E-state index in [0.29, 0.717) is 31.0 Å². The van der Waals surface area contributed by atoms with Crippen LogP contribution in [0.4, 0.5) is 0 Å². The molecule has 1 aliphatic rings. The highest BCUT2D eigenvalue weighted by atomic mass is 16.5. The molecule has 0 saturated heterocycles. The van der Waals surface area contributed by atoms with Gasteiger partial charge in [0.25, 0.3) is 0 Å². The number of rotatable bonds is 17. The lowest BCUT2D eigenvalue weighted by Gasteiger charge is -2.35. The number of hydrogen-bond donors (Lipinski definition) is 2. The third-order valence-corrected chi connectivity index (χ3v) is 7.83. The van der Waals surface area contributed by atoms with Gasteiger partial charge in [0.2, 0.25) is 0 Å². The molecule has 0 aromatic heterocycles. The summed E-state index contributed by atoms with van der Waals surface area (Å²) < 4.78 is 10.7. The monoisotopic (exact) mass is 530 g/mol. The summed E-state index contributed by atoms with van der Waals surface area (Å²) in [6.45, 7) is 9.25. The first-order valence-electron chi connectivity index (χ1n) is 14.5. The quantitative estimate of drug-likeness (QED) is 0.143. The highest BCUT2D eigenvalue weighted by Crippen LogP contribution is 2.43. The van der Waals surface area contributed by atoms with Crippen molar-refractivity contribution < 1.29 is 29.3 Å². The summed E-state index contributed by atoms with van der Waals surface area (Å²) in [4.78, 5) is 23.9. The summed E-state index contributed by atoms with van der Waals surface area (Å²) in [6.07, 6.45) is 11.8. The highest BCUT2D eigenvalue weighted by molar-refractivity contribution is 5.87. The van der Waals surface area contributed by atoms with Crippen LogP contribution in [-0.4, -0.2) is 48.6 Å².